The summed E-state index contributed by atoms with van der Waals surface area (Å²) in [5.74, 6) is 0.909. The topological polar surface area (TPSA) is 73.9 Å². The van der Waals surface area contributed by atoms with Gasteiger partial charge in [-0.1, -0.05) is 12.1 Å². The number of carbonyl (C=O) groups is 1. The van der Waals surface area contributed by atoms with E-state index in [9.17, 15) is 9.59 Å². The van der Waals surface area contributed by atoms with Crippen molar-refractivity contribution in [2.75, 3.05) is 19.9 Å². The van der Waals surface area contributed by atoms with E-state index in [0.717, 1.165) is 11.1 Å². The van der Waals surface area contributed by atoms with Gasteiger partial charge in [0.15, 0.2) is 17.1 Å². The third-order valence-corrected chi connectivity index (χ3v) is 5.57. The minimum atomic E-state index is -0.329. The number of likely N-dealkylation sites (tertiary alicyclic amines) is 1. The zero-order valence-electron chi connectivity index (χ0n) is 15.5. The number of ether oxygens (including phenoxy) is 2. The molecule has 7 heteroatoms. The Kier molecular flexibility index (Phi) is 3.89. The zero-order valence-corrected chi connectivity index (χ0v) is 15.5. The van der Waals surface area contributed by atoms with Gasteiger partial charge in [0.25, 0.3) is 5.91 Å². The molecule has 2 aliphatic heterocycles. The van der Waals surface area contributed by atoms with E-state index in [1.807, 2.05) is 30.0 Å². The molecular formula is C21H20N2O5. The van der Waals surface area contributed by atoms with Gasteiger partial charge < -0.3 is 18.8 Å². The van der Waals surface area contributed by atoms with Crippen molar-refractivity contribution >= 4 is 17.0 Å². The van der Waals surface area contributed by atoms with E-state index in [2.05, 4.69) is 0 Å². The highest BCUT2D eigenvalue weighted by Gasteiger charge is 2.28. The summed E-state index contributed by atoms with van der Waals surface area (Å²) in [7, 11) is 0. The molecule has 28 heavy (non-hydrogen) atoms. The third-order valence-electron chi connectivity index (χ3n) is 5.57. The molecule has 3 heterocycles. The number of aromatic nitrogens is 1. The van der Waals surface area contributed by atoms with Crippen LogP contribution in [-0.2, 0) is 0 Å². The van der Waals surface area contributed by atoms with Gasteiger partial charge >= 0.3 is 5.76 Å². The molecule has 1 saturated heterocycles. The van der Waals surface area contributed by atoms with Crippen molar-refractivity contribution in [3.05, 3.63) is 58.1 Å². The molecule has 1 amide bonds. The number of fused-ring (bicyclic) bond motifs is 2. The fourth-order valence-corrected chi connectivity index (χ4v) is 4.13. The lowest BCUT2D eigenvalue weighted by Crippen LogP contribution is -2.40. The van der Waals surface area contributed by atoms with Gasteiger partial charge in [-0.05, 0) is 49.6 Å². The fourth-order valence-electron chi connectivity index (χ4n) is 4.13. The van der Waals surface area contributed by atoms with Crippen LogP contribution in [0, 0.1) is 6.92 Å². The maximum Gasteiger partial charge on any atom is 0.420 e. The molecule has 0 bridgehead atoms. The number of hydrogen-bond donors (Lipinski definition) is 0. The summed E-state index contributed by atoms with van der Waals surface area (Å²) in [6, 6.07) is 11.0. The molecule has 7 nitrogen and oxygen atoms in total. The van der Waals surface area contributed by atoms with Gasteiger partial charge in [-0.15, -0.1) is 0 Å². The van der Waals surface area contributed by atoms with Crippen LogP contribution in [0.1, 0.15) is 34.8 Å². The number of hydrogen-bond acceptors (Lipinski definition) is 5. The van der Waals surface area contributed by atoms with E-state index in [4.69, 9.17) is 13.9 Å². The Morgan fingerprint density at radius 3 is 2.68 bits per heavy atom. The van der Waals surface area contributed by atoms with Crippen LogP contribution in [0.15, 0.2) is 45.6 Å². The Hall–Kier alpha value is -3.22. The second kappa shape index (κ2) is 6.44. The summed E-state index contributed by atoms with van der Waals surface area (Å²) in [5, 5.41) is 0. The molecule has 3 aromatic rings. The zero-order chi connectivity index (χ0) is 19.3. The fraction of sp³-hybridized carbons (Fsp3) is 0.333. The Morgan fingerprint density at radius 2 is 1.86 bits per heavy atom. The van der Waals surface area contributed by atoms with Crippen molar-refractivity contribution in [2.45, 2.75) is 25.8 Å². The number of rotatable bonds is 2. The summed E-state index contributed by atoms with van der Waals surface area (Å²) in [6.07, 6.45) is 1.42. The molecular weight excluding hydrogens is 360 g/mol. The van der Waals surface area contributed by atoms with Crippen molar-refractivity contribution < 1.29 is 18.7 Å². The Balaban J connectivity index is 1.35. The van der Waals surface area contributed by atoms with E-state index >= 15 is 0 Å². The lowest BCUT2D eigenvalue weighted by molar-refractivity contribution is 0.0693. The maximum atomic E-state index is 12.9. The molecule has 0 N–H and O–H groups in total. The average Bonchev–Trinajstić information content (AvgIpc) is 3.31. The lowest BCUT2D eigenvalue weighted by Gasteiger charge is -2.32. The molecule has 1 fully saturated rings. The first-order chi connectivity index (χ1) is 13.6. The maximum absolute atomic E-state index is 12.9. The Labute approximate surface area is 161 Å². The monoisotopic (exact) mass is 380 g/mol. The molecule has 0 unspecified atom stereocenters. The van der Waals surface area contributed by atoms with Crippen LogP contribution in [0.2, 0.25) is 0 Å². The summed E-state index contributed by atoms with van der Waals surface area (Å²) >= 11 is 0. The standard InChI is InChI=1S/C21H20N2O5/c1-13-3-2-4-17-19(13)23(21(25)28-17)15-7-9-22(10-8-15)20(24)14-5-6-16-18(11-14)27-12-26-16/h2-6,11,15H,7-10,12H2,1H3. The quantitative estimate of drug-likeness (QED) is 0.683. The SMILES string of the molecule is Cc1cccc2oc(=O)n(C3CCN(C(=O)c4ccc5c(c4)OCO5)CC3)c12. The number of oxazole rings is 1. The van der Waals surface area contributed by atoms with Gasteiger partial charge in [-0.25, -0.2) is 4.79 Å². The summed E-state index contributed by atoms with van der Waals surface area (Å²) < 4.78 is 17.8. The highest BCUT2D eigenvalue weighted by molar-refractivity contribution is 5.95. The first-order valence-corrected chi connectivity index (χ1v) is 9.41. The van der Waals surface area contributed by atoms with Crippen LogP contribution in [0.5, 0.6) is 11.5 Å². The molecule has 0 spiro atoms. The first-order valence-electron chi connectivity index (χ1n) is 9.41. The normalized spacial score (nSPS) is 16.7. The van der Waals surface area contributed by atoms with Crippen LogP contribution >= 0.6 is 0 Å². The van der Waals surface area contributed by atoms with Gasteiger partial charge in [-0.3, -0.25) is 9.36 Å². The van der Waals surface area contributed by atoms with Gasteiger partial charge in [0, 0.05) is 24.7 Å². The molecule has 1 aromatic heterocycles. The van der Waals surface area contributed by atoms with E-state index in [-0.39, 0.29) is 24.5 Å². The lowest BCUT2D eigenvalue weighted by atomic mass is 10.0. The second-order valence-electron chi connectivity index (χ2n) is 7.25. The van der Waals surface area contributed by atoms with Crippen molar-refractivity contribution in [1.82, 2.24) is 9.47 Å². The van der Waals surface area contributed by atoms with Crippen LogP contribution in [0.4, 0.5) is 0 Å². The number of benzene rings is 2. The van der Waals surface area contributed by atoms with Gasteiger partial charge in [0.05, 0.1) is 5.52 Å². The van der Waals surface area contributed by atoms with Crippen molar-refractivity contribution in [3.63, 3.8) is 0 Å². The van der Waals surface area contributed by atoms with Crippen LogP contribution in [0.3, 0.4) is 0 Å². The second-order valence-corrected chi connectivity index (χ2v) is 7.25. The van der Waals surface area contributed by atoms with Crippen LogP contribution in [-0.4, -0.2) is 35.3 Å². The Morgan fingerprint density at radius 1 is 1.07 bits per heavy atom. The molecule has 0 atom stereocenters. The molecule has 144 valence electrons. The summed E-state index contributed by atoms with van der Waals surface area (Å²) in [4.78, 5) is 27.1. The average molecular weight is 380 g/mol. The van der Waals surface area contributed by atoms with Gasteiger partial charge in [0.1, 0.15) is 0 Å². The summed E-state index contributed by atoms with van der Waals surface area (Å²) in [6.45, 7) is 3.34. The highest BCUT2D eigenvalue weighted by Crippen LogP contribution is 2.33. The van der Waals surface area contributed by atoms with Crippen LogP contribution in [0.25, 0.3) is 11.1 Å². The summed E-state index contributed by atoms with van der Waals surface area (Å²) in [5.41, 5.74) is 3.07. The molecule has 0 saturated carbocycles. The van der Waals surface area contributed by atoms with Crippen molar-refractivity contribution in [2.24, 2.45) is 0 Å². The number of piperidine rings is 1. The number of aryl methyl sites for hydroxylation is 1. The van der Waals surface area contributed by atoms with E-state index < -0.39 is 0 Å². The Bertz CT molecular complexity index is 1120. The van der Waals surface area contributed by atoms with Gasteiger partial charge in [0.2, 0.25) is 6.79 Å². The third kappa shape index (κ3) is 2.66. The number of para-hydroxylation sites is 1. The predicted molar refractivity (Wildman–Crippen MR) is 102 cm³/mol. The minimum absolute atomic E-state index is 0.0238. The van der Waals surface area contributed by atoms with E-state index in [0.29, 0.717) is 48.6 Å². The van der Waals surface area contributed by atoms with Gasteiger partial charge in [-0.2, -0.15) is 0 Å². The molecule has 2 aliphatic rings. The molecule has 2 aromatic carbocycles. The number of carbonyl (C=O) groups excluding carboxylic acids is 1. The molecule has 5 rings (SSSR count). The minimum Gasteiger partial charge on any atom is -0.454 e. The molecule has 0 radical (unpaired) electrons. The van der Waals surface area contributed by atoms with E-state index in [1.54, 1.807) is 22.8 Å². The smallest absolute Gasteiger partial charge is 0.420 e. The van der Waals surface area contributed by atoms with E-state index in [1.165, 1.54) is 0 Å². The number of amides is 1. The number of nitrogens with zero attached hydrogens (tertiary/aromatic N) is 2. The van der Waals surface area contributed by atoms with Crippen LogP contribution < -0.4 is 15.2 Å². The largest absolute Gasteiger partial charge is 0.454 e. The van der Waals surface area contributed by atoms with Crippen molar-refractivity contribution in [1.29, 1.82) is 0 Å². The first kappa shape index (κ1) is 16.9. The molecule has 0 aliphatic carbocycles. The van der Waals surface area contributed by atoms with Crippen molar-refractivity contribution in [3.8, 4) is 11.5 Å². The highest BCUT2D eigenvalue weighted by atomic mass is 16.7. The predicted octanol–water partition coefficient (Wildman–Crippen LogP) is 3.11.